The fraction of sp³-hybridized carbons (Fsp3) is 0.550. The number of rotatable bonds is 8. The van der Waals surface area contributed by atoms with Gasteiger partial charge in [-0.25, -0.2) is 0 Å². The summed E-state index contributed by atoms with van der Waals surface area (Å²) in [5.41, 5.74) is 4.92. The normalized spacial score (nSPS) is 17.7. The van der Waals surface area contributed by atoms with Gasteiger partial charge in [0.05, 0.1) is 26.5 Å². The number of ether oxygens (including phenoxy) is 3. The van der Waals surface area contributed by atoms with Crippen LogP contribution in [0.4, 0.5) is 0 Å². The van der Waals surface area contributed by atoms with E-state index in [-0.39, 0.29) is 11.6 Å². The van der Waals surface area contributed by atoms with Gasteiger partial charge in [0, 0.05) is 12.0 Å². The second-order valence-electron chi connectivity index (χ2n) is 6.78. The Morgan fingerprint density at radius 3 is 2.73 bits per heavy atom. The maximum atomic E-state index is 11.1. The Kier molecular flexibility index (Phi) is 6.04. The van der Waals surface area contributed by atoms with Crippen LogP contribution in [-0.2, 0) is 14.4 Å². The van der Waals surface area contributed by atoms with E-state index in [1.165, 1.54) is 20.0 Å². The van der Waals surface area contributed by atoms with Crippen LogP contribution in [-0.4, -0.2) is 32.4 Å². The minimum absolute atomic E-state index is 0.149. The summed E-state index contributed by atoms with van der Waals surface area (Å²) in [5, 5.41) is 0. The second kappa shape index (κ2) is 8.45. The van der Waals surface area contributed by atoms with Crippen molar-refractivity contribution in [2.24, 2.45) is 0 Å². The molecule has 0 aromatic heterocycles. The summed E-state index contributed by atoms with van der Waals surface area (Å²) >= 11 is 0. The molecule has 0 unspecified atom stereocenters. The molecule has 0 bridgehead atoms. The van der Waals surface area contributed by atoms with Gasteiger partial charge in [-0.1, -0.05) is 12.8 Å². The molecule has 0 atom stereocenters. The lowest BCUT2D eigenvalue weighted by atomic mass is 10.00. The third kappa shape index (κ3) is 4.30. The molecule has 0 saturated heterocycles. The third-order valence-electron chi connectivity index (χ3n) is 4.96. The number of hydroxylamine groups is 1. The van der Waals surface area contributed by atoms with E-state index in [2.05, 4.69) is 16.3 Å². The van der Waals surface area contributed by atoms with E-state index >= 15 is 0 Å². The summed E-state index contributed by atoms with van der Waals surface area (Å²) in [4.78, 5) is 17.0. The summed E-state index contributed by atoms with van der Waals surface area (Å²) in [6.45, 7) is 0.518. The molecule has 1 spiro atoms. The van der Waals surface area contributed by atoms with Crippen molar-refractivity contribution in [3.05, 3.63) is 29.8 Å². The molecule has 6 heteroatoms. The Balaban J connectivity index is 1.62. The van der Waals surface area contributed by atoms with Crippen molar-refractivity contribution in [3.63, 3.8) is 0 Å². The molecule has 1 aliphatic heterocycles. The number of hydrogen-bond acceptors (Lipinski definition) is 6. The van der Waals surface area contributed by atoms with Crippen LogP contribution in [0.3, 0.4) is 0 Å². The fourth-order valence-electron chi connectivity index (χ4n) is 3.45. The SMILES string of the molecule is COC(=O)CCCCOc1cc(C2=CC3(CCCC3)ON2)ccc1OC. The van der Waals surface area contributed by atoms with E-state index in [1.54, 1.807) is 7.11 Å². The predicted octanol–water partition coefficient (Wildman–Crippen LogP) is 3.61. The summed E-state index contributed by atoms with van der Waals surface area (Å²) in [6.07, 6.45) is 8.64. The molecule has 6 nitrogen and oxygen atoms in total. The highest BCUT2D eigenvalue weighted by Gasteiger charge is 2.38. The lowest BCUT2D eigenvalue weighted by Gasteiger charge is -2.17. The fourth-order valence-corrected chi connectivity index (χ4v) is 3.45. The molecular weight excluding hydrogens is 334 g/mol. The Bertz CT molecular complexity index is 664. The third-order valence-corrected chi connectivity index (χ3v) is 4.96. The number of esters is 1. The number of nitrogens with one attached hydrogen (secondary N) is 1. The van der Waals surface area contributed by atoms with Crippen molar-refractivity contribution in [2.45, 2.75) is 50.5 Å². The van der Waals surface area contributed by atoms with E-state index in [0.717, 1.165) is 36.9 Å². The van der Waals surface area contributed by atoms with Crippen LogP contribution in [0.25, 0.3) is 5.70 Å². The summed E-state index contributed by atoms with van der Waals surface area (Å²) < 4.78 is 15.9. The molecule has 1 fully saturated rings. The van der Waals surface area contributed by atoms with Gasteiger partial charge in [-0.15, -0.1) is 0 Å². The standard InChI is InChI=1S/C20H27NO5/c1-23-17-9-8-15(16-14-20(26-21-16)10-4-5-11-20)13-18(17)25-12-6-3-7-19(22)24-2/h8-9,13-14,21H,3-7,10-12H2,1-2H3. The van der Waals surface area contributed by atoms with E-state index in [9.17, 15) is 4.79 Å². The van der Waals surface area contributed by atoms with E-state index in [1.807, 2.05) is 18.2 Å². The molecule has 1 aliphatic carbocycles. The van der Waals surface area contributed by atoms with Gasteiger partial charge in [-0.05, 0) is 50.0 Å². The molecule has 1 saturated carbocycles. The molecule has 0 amide bonds. The first-order chi connectivity index (χ1) is 12.7. The summed E-state index contributed by atoms with van der Waals surface area (Å²) in [7, 11) is 3.03. The Morgan fingerprint density at radius 2 is 2.00 bits per heavy atom. The van der Waals surface area contributed by atoms with Gasteiger partial charge < -0.3 is 14.2 Å². The van der Waals surface area contributed by atoms with Gasteiger partial charge in [0.25, 0.3) is 0 Å². The maximum Gasteiger partial charge on any atom is 0.305 e. The smallest absolute Gasteiger partial charge is 0.305 e. The monoisotopic (exact) mass is 361 g/mol. The van der Waals surface area contributed by atoms with Crippen molar-refractivity contribution in [1.82, 2.24) is 5.48 Å². The minimum Gasteiger partial charge on any atom is -0.493 e. The molecular formula is C20H27NO5. The van der Waals surface area contributed by atoms with Crippen LogP contribution < -0.4 is 15.0 Å². The van der Waals surface area contributed by atoms with Crippen LogP contribution in [0.15, 0.2) is 24.3 Å². The predicted molar refractivity (Wildman–Crippen MR) is 97.8 cm³/mol. The van der Waals surface area contributed by atoms with Crippen LogP contribution in [0, 0.1) is 0 Å². The zero-order valence-corrected chi connectivity index (χ0v) is 15.5. The minimum atomic E-state index is -0.190. The number of carbonyl (C=O) groups is 1. The first-order valence-electron chi connectivity index (χ1n) is 9.21. The number of unbranched alkanes of at least 4 members (excludes halogenated alkanes) is 1. The Morgan fingerprint density at radius 1 is 1.19 bits per heavy atom. The molecule has 1 N–H and O–H groups in total. The van der Waals surface area contributed by atoms with E-state index in [0.29, 0.717) is 24.5 Å². The topological polar surface area (TPSA) is 66.0 Å². The van der Waals surface area contributed by atoms with Crippen LogP contribution in [0.5, 0.6) is 11.5 Å². The van der Waals surface area contributed by atoms with Gasteiger partial charge in [0.2, 0.25) is 0 Å². The molecule has 2 aliphatic rings. The quantitative estimate of drug-likeness (QED) is 0.564. The highest BCUT2D eigenvalue weighted by Crippen LogP contribution is 2.40. The Hall–Kier alpha value is -2.21. The highest BCUT2D eigenvalue weighted by atomic mass is 16.7. The van der Waals surface area contributed by atoms with E-state index < -0.39 is 0 Å². The second-order valence-corrected chi connectivity index (χ2v) is 6.78. The molecule has 1 aromatic rings. The average Bonchev–Trinajstić information content (AvgIpc) is 3.31. The number of methoxy groups -OCH3 is 2. The van der Waals surface area contributed by atoms with Crippen molar-refractivity contribution >= 4 is 11.7 Å². The highest BCUT2D eigenvalue weighted by molar-refractivity contribution is 5.69. The first kappa shape index (κ1) is 18.6. The molecule has 3 rings (SSSR count). The summed E-state index contributed by atoms with van der Waals surface area (Å²) in [5.74, 6) is 1.19. The van der Waals surface area contributed by atoms with E-state index in [4.69, 9.17) is 14.3 Å². The van der Waals surface area contributed by atoms with Crippen molar-refractivity contribution in [1.29, 1.82) is 0 Å². The van der Waals surface area contributed by atoms with Gasteiger partial charge in [-0.2, -0.15) is 0 Å². The van der Waals surface area contributed by atoms with Gasteiger partial charge >= 0.3 is 5.97 Å². The zero-order chi connectivity index (χ0) is 18.4. The average molecular weight is 361 g/mol. The number of benzene rings is 1. The van der Waals surface area contributed by atoms with Gasteiger partial charge in [0.1, 0.15) is 5.60 Å². The van der Waals surface area contributed by atoms with Crippen LogP contribution in [0.1, 0.15) is 50.5 Å². The Labute approximate surface area is 154 Å². The van der Waals surface area contributed by atoms with Crippen molar-refractivity contribution < 1.29 is 23.8 Å². The van der Waals surface area contributed by atoms with Crippen LogP contribution >= 0.6 is 0 Å². The molecule has 26 heavy (non-hydrogen) atoms. The lowest BCUT2D eigenvalue weighted by molar-refractivity contribution is -0.140. The zero-order valence-electron chi connectivity index (χ0n) is 15.5. The van der Waals surface area contributed by atoms with Gasteiger partial charge in [-0.3, -0.25) is 15.1 Å². The number of carbonyl (C=O) groups excluding carboxylic acids is 1. The van der Waals surface area contributed by atoms with Crippen molar-refractivity contribution in [2.75, 3.05) is 20.8 Å². The molecule has 142 valence electrons. The molecule has 0 radical (unpaired) electrons. The lowest BCUT2D eigenvalue weighted by Crippen LogP contribution is -2.25. The van der Waals surface area contributed by atoms with Crippen LogP contribution in [0.2, 0.25) is 0 Å². The first-order valence-corrected chi connectivity index (χ1v) is 9.21. The molecule has 1 heterocycles. The maximum absolute atomic E-state index is 11.1. The van der Waals surface area contributed by atoms with Gasteiger partial charge in [0.15, 0.2) is 11.5 Å². The summed E-state index contributed by atoms with van der Waals surface area (Å²) in [6, 6.07) is 5.87. The largest absolute Gasteiger partial charge is 0.493 e. The molecule has 1 aromatic carbocycles. The number of hydrogen-bond donors (Lipinski definition) is 1. The van der Waals surface area contributed by atoms with Crippen molar-refractivity contribution in [3.8, 4) is 11.5 Å².